The van der Waals surface area contributed by atoms with E-state index in [1.807, 2.05) is 36.9 Å². The monoisotopic (exact) mass is 300 g/mol. The second-order valence-electron chi connectivity index (χ2n) is 5.74. The lowest BCUT2D eigenvalue weighted by Crippen LogP contribution is -2.49. The molecule has 3 rings (SSSR count). The van der Waals surface area contributed by atoms with E-state index in [0.717, 1.165) is 24.7 Å². The summed E-state index contributed by atoms with van der Waals surface area (Å²) >= 11 is 0. The van der Waals surface area contributed by atoms with Gasteiger partial charge in [-0.1, -0.05) is 25.1 Å². The van der Waals surface area contributed by atoms with Crippen molar-refractivity contribution in [2.45, 2.75) is 19.8 Å². The number of amides is 1. The van der Waals surface area contributed by atoms with Crippen molar-refractivity contribution < 1.29 is 9.32 Å². The number of carbonyl (C=O) groups excluding carboxylic acids is 1. The maximum absolute atomic E-state index is 12.4. The Morgan fingerprint density at radius 3 is 2.59 bits per heavy atom. The molecule has 0 spiro atoms. The van der Waals surface area contributed by atoms with E-state index in [9.17, 15) is 4.79 Å². The Balaban J connectivity index is 1.62. The van der Waals surface area contributed by atoms with Crippen LogP contribution in [0.4, 0.5) is 5.82 Å². The van der Waals surface area contributed by atoms with E-state index < -0.39 is 0 Å². The summed E-state index contributed by atoms with van der Waals surface area (Å²) < 4.78 is 5.21. The first-order valence-corrected chi connectivity index (χ1v) is 7.57. The number of rotatable bonds is 3. The molecule has 0 bridgehead atoms. The van der Waals surface area contributed by atoms with Crippen molar-refractivity contribution in [1.82, 2.24) is 15.0 Å². The number of aromatic nitrogens is 2. The van der Waals surface area contributed by atoms with Crippen molar-refractivity contribution in [2.75, 3.05) is 31.1 Å². The Bertz CT molecular complexity index is 631. The molecule has 1 aliphatic heterocycles. The van der Waals surface area contributed by atoms with Gasteiger partial charge >= 0.3 is 0 Å². The van der Waals surface area contributed by atoms with Crippen molar-refractivity contribution in [2.24, 2.45) is 0 Å². The Labute approximate surface area is 129 Å². The number of anilines is 1. The van der Waals surface area contributed by atoms with Crippen LogP contribution in [0.5, 0.6) is 0 Å². The molecule has 1 fully saturated rings. The zero-order valence-electron chi connectivity index (χ0n) is 12.9. The predicted molar refractivity (Wildman–Crippen MR) is 82.9 cm³/mol. The van der Waals surface area contributed by atoms with Crippen LogP contribution >= 0.6 is 0 Å². The molecular formula is C16H20N4O2. The number of pyridine rings is 1. The van der Waals surface area contributed by atoms with Gasteiger partial charge in [0.05, 0.1) is 0 Å². The molecule has 1 aliphatic rings. The van der Waals surface area contributed by atoms with Crippen LogP contribution in [-0.4, -0.2) is 47.1 Å². The second-order valence-corrected chi connectivity index (χ2v) is 5.74. The molecule has 2 aromatic heterocycles. The fourth-order valence-corrected chi connectivity index (χ4v) is 2.50. The molecule has 1 saturated heterocycles. The Morgan fingerprint density at radius 2 is 2.00 bits per heavy atom. The smallest absolute Gasteiger partial charge is 0.276 e. The summed E-state index contributed by atoms with van der Waals surface area (Å²) in [4.78, 5) is 20.8. The molecule has 0 unspecified atom stereocenters. The highest BCUT2D eigenvalue weighted by Gasteiger charge is 2.25. The van der Waals surface area contributed by atoms with E-state index in [0.29, 0.717) is 18.8 Å². The highest BCUT2D eigenvalue weighted by molar-refractivity contribution is 5.92. The molecule has 6 heteroatoms. The molecule has 22 heavy (non-hydrogen) atoms. The first-order valence-electron chi connectivity index (χ1n) is 7.57. The maximum atomic E-state index is 12.4. The fourth-order valence-electron chi connectivity index (χ4n) is 2.50. The SMILES string of the molecule is CC(C)c1cc(C(=O)N2CCN(c3ccccn3)CC2)no1. The molecule has 0 atom stereocenters. The number of carbonyl (C=O) groups is 1. The van der Waals surface area contributed by atoms with Crippen molar-refractivity contribution in [3.8, 4) is 0 Å². The van der Waals surface area contributed by atoms with Gasteiger partial charge < -0.3 is 14.3 Å². The minimum Gasteiger partial charge on any atom is -0.360 e. The minimum atomic E-state index is -0.0590. The normalized spacial score (nSPS) is 15.4. The maximum Gasteiger partial charge on any atom is 0.276 e. The van der Waals surface area contributed by atoms with Crippen molar-refractivity contribution >= 4 is 11.7 Å². The first kappa shape index (κ1) is 14.6. The molecule has 116 valence electrons. The number of hydrogen-bond donors (Lipinski definition) is 0. The summed E-state index contributed by atoms with van der Waals surface area (Å²) in [6.45, 7) is 6.91. The van der Waals surface area contributed by atoms with Crippen LogP contribution in [0.1, 0.15) is 36.0 Å². The summed E-state index contributed by atoms with van der Waals surface area (Å²) in [5.74, 6) is 1.87. The van der Waals surface area contributed by atoms with Crippen molar-refractivity contribution in [3.05, 3.63) is 41.9 Å². The van der Waals surface area contributed by atoms with Gasteiger partial charge in [0.2, 0.25) is 0 Å². The molecule has 0 aliphatic carbocycles. The molecule has 0 aromatic carbocycles. The molecule has 0 N–H and O–H groups in total. The topological polar surface area (TPSA) is 62.5 Å². The molecule has 1 amide bonds. The van der Waals surface area contributed by atoms with E-state index in [4.69, 9.17) is 4.52 Å². The Morgan fingerprint density at radius 1 is 1.23 bits per heavy atom. The highest BCUT2D eigenvalue weighted by Crippen LogP contribution is 2.18. The third-order valence-electron chi connectivity index (χ3n) is 3.86. The number of piperazine rings is 1. The van der Waals surface area contributed by atoms with Crippen LogP contribution in [0.2, 0.25) is 0 Å². The lowest BCUT2D eigenvalue weighted by molar-refractivity contribution is 0.0736. The van der Waals surface area contributed by atoms with Gasteiger partial charge in [-0.25, -0.2) is 4.98 Å². The average molecular weight is 300 g/mol. The van der Waals surface area contributed by atoms with Gasteiger partial charge in [0.15, 0.2) is 5.69 Å². The summed E-state index contributed by atoms with van der Waals surface area (Å²) in [6.07, 6.45) is 1.79. The molecule has 2 aromatic rings. The van der Waals surface area contributed by atoms with Crippen LogP contribution in [0.25, 0.3) is 0 Å². The van der Waals surface area contributed by atoms with Gasteiger partial charge in [0.1, 0.15) is 11.6 Å². The third-order valence-corrected chi connectivity index (χ3v) is 3.86. The van der Waals surface area contributed by atoms with Gasteiger partial charge in [-0.2, -0.15) is 0 Å². The number of hydrogen-bond acceptors (Lipinski definition) is 5. The van der Waals surface area contributed by atoms with E-state index >= 15 is 0 Å². The van der Waals surface area contributed by atoms with Crippen LogP contribution in [0.3, 0.4) is 0 Å². The van der Waals surface area contributed by atoms with Crippen molar-refractivity contribution in [3.63, 3.8) is 0 Å². The van der Waals surface area contributed by atoms with Crippen molar-refractivity contribution in [1.29, 1.82) is 0 Å². The quantitative estimate of drug-likeness (QED) is 0.869. The molecule has 0 radical (unpaired) electrons. The summed E-state index contributed by atoms with van der Waals surface area (Å²) in [6, 6.07) is 7.62. The van der Waals surface area contributed by atoms with Gasteiger partial charge in [0.25, 0.3) is 5.91 Å². The Hall–Kier alpha value is -2.37. The first-order chi connectivity index (χ1) is 10.6. The largest absolute Gasteiger partial charge is 0.360 e. The van der Waals surface area contributed by atoms with Crippen LogP contribution in [-0.2, 0) is 0 Å². The van der Waals surface area contributed by atoms with E-state index in [1.165, 1.54) is 0 Å². The highest BCUT2D eigenvalue weighted by atomic mass is 16.5. The third kappa shape index (κ3) is 2.95. The lowest BCUT2D eigenvalue weighted by Gasteiger charge is -2.34. The van der Waals surface area contributed by atoms with E-state index in [-0.39, 0.29) is 11.8 Å². The van der Waals surface area contributed by atoms with Crippen LogP contribution in [0, 0.1) is 0 Å². The Kier molecular flexibility index (Phi) is 4.09. The van der Waals surface area contributed by atoms with E-state index in [2.05, 4.69) is 15.0 Å². The molecular weight excluding hydrogens is 280 g/mol. The van der Waals surface area contributed by atoms with Gasteiger partial charge in [-0.15, -0.1) is 0 Å². The molecule has 3 heterocycles. The minimum absolute atomic E-state index is 0.0590. The second kappa shape index (κ2) is 6.17. The van der Waals surface area contributed by atoms with Gasteiger partial charge in [0, 0.05) is 44.4 Å². The van der Waals surface area contributed by atoms with Crippen LogP contribution < -0.4 is 4.90 Å². The average Bonchev–Trinajstić information content (AvgIpc) is 3.05. The van der Waals surface area contributed by atoms with Crippen LogP contribution in [0.15, 0.2) is 35.0 Å². The van der Waals surface area contributed by atoms with E-state index in [1.54, 1.807) is 12.3 Å². The van der Waals surface area contributed by atoms with Gasteiger partial charge in [-0.05, 0) is 12.1 Å². The number of nitrogens with zero attached hydrogens (tertiary/aromatic N) is 4. The molecule has 0 saturated carbocycles. The zero-order chi connectivity index (χ0) is 15.5. The predicted octanol–water partition coefficient (Wildman–Crippen LogP) is 2.16. The summed E-state index contributed by atoms with van der Waals surface area (Å²) in [5.41, 5.74) is 0.398. The zero-order valence-corrected chi connectivity index (χ0v) is 12.9. The summed E-state index contributed by atoms with van der Waals surface area (Å²) in [5, 5.41) is 3.90. The standard InChI is InChI=1S/C16H20N4O2/c1-12(2)14-11-13(18-22-14)16(21)20-9-7-19(8-10-20)15-5-3-4-6-17-15/h3-6,11-12H,7-10H2,1-2H3. The van der Waals surface area contributed by atoms with Gasteiger partial charge in [-0.3, -0.25) is 4.79 Å². The molecule has 6 nitrogen and oxygen atoms in total. The fraction of sp³-hybridized carbons (Fsp3) is 0.438. The lowest BCUT2D eigenvalue weighted by atomic mass is 10.1. The summed E-state index contributed by atoms with van der Waals surface area (Å²) in [7, 11) is 0.